The van der Waals surface area contributed by atoms with Crippen molar-refractivity contribution < 1.29 is 17.9 Å². The zero-order valence-electron chi connectivity index (χ0n) is 20.0. The van der Waals surface area contributed by atoms with Gasteiger partial charge in [-0.15, -0.1) is 0 Å². The van der Waals surface area contributed by atoms with Crippen molar-refractivity contribution in [3.8, 4) is 5.75 Å². The summed E-state index contributed by atoms with van der Waals surface area (Å²) in [6, 6.07) is 14.8. The summed E-state index contributed by atoms with van der Waals surface area (Å²) in [5.74, 6) is -0.304. The van der Waals surface area contributed by atoms with E-state index in [4.69, 9.17) is 4.74 Å². The molecule has 10 heteroatoms. The van der Waals surface area contributed by atoms with E-state index in [1.165, 1.54) is 28.4 Å². The number of carbonyl (C=O) groups excluding carboxylic acids is 1. The largest absolute Gasteiger partial charge is 0.495 e. The van der Waals surface area contributed by atoms with Gasteiger partial charge >= 0.3 is 5.69 Å². The Morgan fingerprint density at radius 2 is 1.57 bits per heavy atom. The Balaban J connectivity index is 1.67. The van der Waals surface area contributed by atoms with Crippen LogP contribution < -0.4 is 20.5 Å². The highest BCUT2D eigenvalue weighted by atomic mass is 32.2. The third-order valence-corrected chi connectivity index (χ3v) is 7.33. The van der Waals surface area contributed by atoms with Crippen molar-refractivity contribution in [3.05, 3.63) is 81.8 Å². The van der Waals surface area contributed by atoms with E-state index in [2.05, 4.69) is 10.0 Å². The van der Waals surface area contributed by atoms with Crippen LogP contribution in [0.2, 0.25) is 0 Å². The molecular formula is C25H26N4O5S. The standard InChI is InChI=1S/C25H26N4O5S/c1-15-7-6-8-16(2)23(15)27-35(32,33)22-14-18(10-12-21(22)34-5)26-24(30)17-9-11-19-20(13-17)29(4)25(31)28(19)3/h6-14,27H,1-5H3,(H,26,30). The molecule has 0 bridgehead atoms. The van der Waals surface area contributed by atoms with Gasteiger partial charge in [-0.1, -0.05) is 18.2 Å². The fraction of sp³-hybridized carbons (Fsp3) is 0.200. The number of benzene rings is 3. The van der Waals surface area contributed by atoms with Crippen molar-refractivity contribution in [3.63, 3.8) is 0 Å². The molecule has 1 heterocycles. The molecule has 182 valence electrons. The second-order valence-corrected chi connectivity index (χ2v) is 9.95. The molecule has 0 saturated carbocycles. The Labute approximate surface area is 203 Å². The van der Waals surface area contributed by atoms with E-state index in [-0.39, 0.29) is 22.0 Å². The maximum absolute atomic E-state index is 13.3. The average Bonchev–Trinajstić information content (AvgIpc) is 3.05. The maximum atomic E-state index is 13.3. The summed E-state index contributed by atoms with van der Waals surface area (Å²) in [6.45, 7) is 3.64. The summed E-state index contributed by atoms with van der Waals surface area (Å²) in [6.07, 6.45) is 0. The van der Waals surface area contributed by atoms with Gasteiger partial charge < -0.3 is 10.1 Å². The van der Waals surface area contributed by atoms with E-state index in [1.54, 1.807) is 38.4 Å². The van der Waals surface area contributed by atoms with Crippen molar-refractivity contribution in [2.75, 3.05) is 17.1 Å². The molecule has 0 aliphatic heterocycles. The molecular weight excluding hydrogens is 468 g/mol. The first-order valence-corrected chi connectivity index (χ1v) is 12.3. The molecule has 4 aromatic rings. The molecule has 0 unspecified atom stereocenters. The van der Waals surface area contributed by atoms with E-state index in [9.17, 15) is 18.0 Å². The van der Waals surface area contributed by atoms with Gasteiger partial charge in [0, 0.05) is 25.3 Å². The first-order valence-electron chi connectivity index (χ1n) is 10.8. The minimum atomic E-state index is -4.03. The predicted octanol–water partition coefficient (Wildman–Crippen LogP) is 3.56. The molecule has 0 atom stereocenters. The molecule has 0 fully saturated rings. The molecule has 0 radical (unpaired) electrons. The van der Waals surface area contributed by atoms with E-state index < -0.39 is 15.9 Å². The third-order valence-electron chi connectivity index (χ3n) is 5.96. The molecule has 9 nitrogen and oxygen atoms in total. The number of amides is 1. The quantitative estimate of drug-likeness (QED) is 0.426. The van der Waals surface area contributed by atoms with Crippen LogP contribution in [-0.2, 0) is 24.1 Å². The number of nitrogens with one attached hydrogen (secondary N) is 2. The number of carbonyl (C=O) groups is 1. The summed E-state index contributed by atoms with van der Waals surface area (Å²) in [5, 5.41) is 2.73. The van der Waals surface area contributed by atoms with Crippen molar-refractivity contribution in [1.82, 2.24) is 9.13 Å². The summed E-state index contributed by atoms with van der Waals surface area (Å²) in [7, 11) is 0.650. The van der Waals surface area contributed by atoms with Crippen LogP contribution in [0.3, 0.4) is 0 Å². The monoisotopic (exact) mass is 494 g/mol. The summed E-state index contributed by atoms with van der Waals surface area (Å²) in [4.78, 5) is 25.0. The van der Waals surface area contributed by atoms with Gasteiger partial charge in [-0.3, -0.25) is 18.7 Å². The van der Waals surface area contributed by atoms with Crippen molar-refractivity contribution in [1.29, 1.82) is 0 Å². The minimum absolute atomic E-state index is 0.110. The average molecular weight is 495 g/mol. The zero-order chi connectivity index (χ0) is 25.5. The van der Waals surface area contributed by atoms with Gasteiger partial charge in [0.15, 0.2) is 0 Å². The summed E-state index contributed by atoms with van der Waals surface area (Å²) in [5.41, 5.74) is 3.77. The van der Waals surface area contributed by atoms with Crippen molar-refractivity contribution >= 4 is 38.3 Å². The number of hydrogen-bond acceptors (Lipinski definition) is 5. The molecule has 35 heavy (non-hydrogen) atoms. The Hall–Kier alpha value is -4.05. The smallest absolute Gasteiger partial charge is 0.328 e. The fourth-order valence-electron chi connectivity index (χ4n) is 3.98. The van der Waals surface area contributed by atoms with Crippen LogP contribution >= 0.6 is 0 Å². The maximum Gasteiger partial charge on any atom is 0.328 e. The highest BCUT2D eigenvalue weighted by molar-refractivity contribution is 7.92. The van der Waals surface area contributed by atoms with Gasteiger partial charge in [-0.2, -0.15) is 0 Å². The SMILES string of the molecule is COc1ccc(NC(=O)c2ccc3c(c2)n(C)c(=O)n3C)cc1S(=O)(=O)Nc1c(C)cccc1C. The van der Waals surface area contributed by atoms with Gasteiger partial charge in [-0.25, -0.2) is 13.2 Å². The molecule has 1 amide bonds. The molecule has 3 aromatic carbocycles. The molecule has 1 aromatic heterocycles. The number of imidazole rings is 1. The number of aromatic nitrogens is 2. The molecule has 0 saturated heterocycles. The van der Waals surface area contributed by atoms with Crippen LogP contribution in [0.4, 0.5) is 11.4 Å². The van der Waals surface area contributed by atoms with Crippen molar-refractivity contribution in [2.24, 2.45) is 14.1 Å². The number of aryl methyl sites for hydroxylation is 4. The Kier molecular flexibility index (Phi) is 6.16. The summed E-state index contributed by atoms with van der Waals surface area (Å²) >= 11 is 0. The Bertz CT molecular complexity index is 1610. The molecule has 0 aliphatic rings. The van der Waals surface area contributed by atoms with Crippen LogP contribution in [0.25, 0.3) is 11.0 Å². The van der Waals surface area contributed by atoms with Gasteiger partial charge in [0.05, 0.1) is 23.8 Å². The molecule has 0 spiro atoms. The second kappa shape index (κ2) is 8.95. The molecule has 2 N–H and O–H groups in total. The van der Waals surface area contributed by atoms with Crippen molar-refractivity contribution in [2.45, 2.75) is 18.7 Å². The lowest BCUT2D eigenvalue weighted by molar-refractivity contribution is 0.102. The second-order valence-electron chi connectivity index (χ2n) is 8.30. The number of rotatable bonds is 6. The molecule has 0 aliphatic carbocycles. The third kappa shape index (κ3) is 4.40. The number of fused-ring (bicyclic) bond motifs is 1. The number of hydrogen-bond donors (Lipinski definition) is 2. The van der Waals surface area contributed by atoms with Gasteiger partial charge in [-0.05, 0) is 61.4 Å². The highest BCUT2D eigenvalue weighted by Gasteiger charge is 2.22. The minimum Gasteiger partial charge on any atom is -0.495 e. The van der Waals surface area contributed by atoms with Crippen LogP contribution in [0.1, 0.15) is 21.5 Å². The van der Waals surface area contributed by atoms with E-state index in [1.807, 2.05) is 32.0 Å². The van der Waals surface area contributed by atoms with E-state index in [0.29, 0.717) is 22.3 Å². The van der Waals surface area contributed by atoms with E-state index in [0.717, 1.165) is 11.1 Å². The normalized spacial score (nSPS) is 11.5. The zero-order valence-corrected chi connectivity index (χ0v) is 20.9. The lowest BCUT2D eigenvalue weighted by Crippen LogP contribution is -2.19. The number of para-hydroxylation sites is 1. The predicted molar refractivity (Wildman–Crippen MR) is 136 cm³/mol. The van der Waals surface area contributed by atoms with Gasteiger partial charge in [0.2, 0.25) is 0 Å². The number of ether oxygens (including phenoxy) is 1. The Morgan fingerprint density at radius 1 is 0.914 bits per heavy atom. The first-order chi connectivity index (χ1) is 16.5. The highest BCUT2D eigenvalue weighted by Crippen LogP contribution is 2.31. The van der Waals surface area contributed by atoms with Gasteiger partial charge in [0.25, 0.3) is 15.9 Å². The number of sulfonamides is 1. The number of nitrogens with zero attached hydrogens (tertiary/aromatic N) is 2. The van der Waals surface area contributed by atoms with Crippen LogP contribution in [0, 0.1) is 13.8 Å². The Morgan fingerprint density at radius 3 is 2.23 bits per heavy atom. The van der Waals surface area contributed by atoms with Gasteiger partial charge in [0.1, 0.15) is 10.6 Å². The lowest BCUT2D eigenvalue weighted by Gasteiger charge is -2.16. The van der Waals surface area contributed by atoms with Crippen LogP contribution in [0.15, 0.2) is 64.3 Å². The number of methoxy groups -OCH3 is 1. The van der Waals surface area contributed by atoms with Crippen LogP contribution in [-0.4, -0.2) is 30.6 Å². The van der Waals surface area contributed by atoms with E-state index >= 15 is 0 Å². The topological polar surface area (TPSA) is 111 Å². The number of anilines is 2. The molecule has 4 rings (SSSR count). The van der Waals surface area contributed by atoms with Crippen LogP contribution in [0.5, 0.6) is 5.75 Å². The fourth-order valence-corrected chi connectivity index (χ4v) is 5.38. The summed E-state index contributed by atoms with van der Waals surface area (Å²) < 4.78 is 37.4. The lowest BCUT2D eigenvalue weighted by atomic mass is 10.1. The first kappa shape index (κ1) is 24.1.